The van der Waals surface area contributed by atoms with Crippen LogP contribution < -0.4 is 27.4 Å². The summed E-state index contributed by atoms with van der Waals surface area (Å²) in [4.78, 5) is 51.9. The van der Waals surface area contributed by atoms with Crippen LogP contribution in [0.25, 0.3) is 10.9 Å². The third kappa shape index (κ3) is 7.83. The van der Waals surface area contributed by atoms with Crippen molar-refractivity contribution < 1.29 is 29.4 Å². The number of carbonyl (C=O) groups is 4. The highest BCUT2D eigenvalue weighted by molar-refractivity contribution is 5.94. The molecule has 0 aliphatic rings. The van der Waals surface area contributed by atoms with Gasteiger partial charge in [-0.15, -0.1) is 0 Å². The molecule has 3 amide bonds. The Balaban J connectivity index is 2.23. The molecular weight excluding hydrogens is 444 g/mol. The molecule has 0 aliphatic heterocycles. The number of nitrogens with one attached hydrogen (secondary N) is 4. The number of para-hydroxylation sites is 1. The molecule has 34 heavy (non-hydrogen) atoms. The Bertz CT molecular complexity index is 993. The highest BCUT2D eigenvalue weighted by Gasteiger charge is 2.29. The molecule has 12 heteroatoms. The molecule has 186 valence electrons. The summed E-state index contributed by atoms with van der Waals surface area (Å²) in [6, 6.07) is 4.09. The average molecular weight is 477 g/mol. The third-order valence-corrected chi connectivity index (χ3v) is 5.26. The van der Waals surface area contributed by atoms with Crippen LogP contribution in [0.3, 0.4) is 0 Å². The molecule has 1 aromatic carbocycles. The first-order chi connectivity index (χ1) is 16.3. The van der Waals surface area contributed by atoms with E-state index in [9.17, 15) is 24.3 Å². The van der Waals surface area contributed by atoms with Crippen molar-refractivity contribution in [3.8, 4) is 0 Å². The van der Waals surface area contributed by atoms with Crippen molar-refractivity contribution in [1.29, 1.82) is 0 Å². The molecule has 0 fully saturated rings. The van der Waals surface area contributed by atoms with Crippen molar-refractivity contribution in [2.45, 2.75) is 43.8 Å². The van der Waals surface area contributed by atoms with E-state index in [0.717, 1.165) is 16.5 Å². The van der Waals surface area contributed by atoms with E-state index in [1.54, 1.807) is 6.20 Å². The Kier molecular flexibility index (Phi) is 10.5. The van der Waals surface area contributed by atoms with Gasteiger partial charge < -0.3 is 42.6 Å². The number of amides is 3. The fourth-order valence-electron chi connectivity index (χ4n) is 3.41. The predicted octanol–water partition coefficient (Wildman–Crippen LogP) is -1.67. The van der Waals surface area contributed by atoms with Gasteiger partial charge in [0.15, 0.2) is 0 Å². The summed E-state index contributed by atoms with van der Waals surface area (Å²) in [6.45, 7) is -0.800. The molecule has 3 atom stereocenters. The highest BCUT2D eigenvalue weighted by atomic mass is 16.4. The molecule has 0 radical (unpaired) electrons. The number of carbonyl (C=O) groups excluding carboxylic acids is 3. The molecule has 0 aliphatic carbocycles. The summed E-state index contributed by atoms with van der Waals surface area (Å²) in [7, 11) is 0. The zero-order valence-electron chi connectivity index (χ0n) is 18.8. The maximum Gasteiger partial charge on any atom is 0.322 e. The van der Waals surface area contributed by atoms with Crippen LogP contribution in [0.5, 0.6) is 0 Å². The van der Waals surface area contributed by atoms with Crippen molar-refractivity contribution in [3.63, 3.8) is 0 Å². The minimum atomic E-state index is -1.22. The number of hydrogen-bond donors (Lipinski definition) is 8. The van der Waals surface area contributed by atoms with Crippen LogP contribution in [0, 0.1) is 0 Å². The normalized spacial score (nSPS) is 13.6. The number of hydrogen-bond acceptors (Lipinski definition) is 7. The van der Waals surface area contributed by atoms with Crippen molar-refractivity contribution >= 4 is 34.6 Å². The molecule has 2 rings (SSSR count). The van der Waals surface area contributed by atoms with Gasteiger partial charge in [-0.2, -0.15) is 0 Å². The zero-order valence-corrected chi connectivity index (χ0v) is 18.8. The van der Waals surface area contributed by atoms with Crippen LogP contribution in [-0.2, 0) is 25.6 Å². The quantitative estimate of drug-likeness (QED) is 0.147. The molecule has 0 saturated heterocycles. The van der Waals surface area contributed by atoms with Gasteiger partial charge >= 0.3 is 5.97 Å². The van der Waals surface area contributed by atoms with Crippen LogP contribution >= 0.6 is 0 Å². The van der Waals surface area contributed by atoms with E-state index in [1.807, 2.05) is 24.3 Å². The number of fused-ring (bicyclic) bond motifs is 1. The number of H-pyrrole nitrogens is 1. The molecule has 0 spiro atoms. The maximum absolute atomic E-state index is 13.2. The van der Waals surface area contributed by atoms with Gasteiger partial charge in [0.2, 0.25) is 17.7 Å². The lowest BCUT2D eigenvalue weighted by Gasteiger charge is -2.24. The van der Waals surface area contributed by atoms with Gasteiger partial charge in [0.05, 0.1) is 6.61 Å². The van der Waals surface area contributed by atoms with Crippen molar-refractivity contribution in [2.75, 3.05) is 19.7 Å². The van der Waals surface area contributed by atoms with Gasteiger partial charge in [-0.25, -0.2) is 0 Å². The van der Waals surface area contributed by atoms with Crippen LogP contribution in [0.15, 0.2) is 30.5 Å². The Morgan fingerprint density at radius 1 is 1.00 bits per heavy atom. The number of aromatic amines is 1. The topological polar surface area (TPSA) is 213 Å². The number of aliphatic hydroxyl groups excluding tert-OH is 1. The molecule has 2 aromatic rings. The zero-order chi connectivity index (χ0) is 25.1. The number of benzene rings is 1. The van der Waals surface area contributed by atoms with Crippen molar-refractivity contribution in [1.82, 2.24) is 20.9 Å². The average Bonchev–Trinajstić information content (AvgIpc) is 3.23. The van der Waals surface area contributed by atoms with Crippen LogP contribution in [-0.4, -0.2) is 76.7 Å². The van der Waals surface area contributed by atoms with E-state index in [4.69, 9.17) is 16.6 Å². The summed E-state index contributed by atoms with van der Waals surface area (Å²) in [6.07, 6.45) is 3.18. The van der Waals surface area contributed by atoms with Crippen LogP contribution in [0.4, 0.5) is 0 Å². The number of aromatic nitrogens is 1. The number of aliphatic carboxylic acids is 1. The lowest BCUT2D eigenvalue weighted by Crippen LogP contribution is -2.57. The van der Waals surface area contributed by atoms with Gasteiger partial charge in [0.1, 0.15) is 24.7 Å². The molecule has 10 N–H and O–H groups in total. The van der Waals surface area contributed by atoms with E-state index in [1.165, 1.54) is 0 Å². The first-order valence-electron chi connectivity index (χ1n) is 11.0. The number of carboxylic acids is 1. The Morgan fingerprint density at radius 2 is 1.71 bits per heavy atom. The minimum absolute atomic E-state index is 0.0893. The summed E-state index contributed by atoms with van der Waals surface area (Å²) in [5.41, 5.74) is 12.7. The van der Waals surface area contributed by atoms with E-state index >= 15 is 0 Å². The van der Waals surface area contributed by atoms with E-state index in [0.29, 0.717) is 19.4 Å². The van der Waals surface area contributed by atoms with Gasteiger partial charge in [0, 0.05) is 23.5 Å². The van der Waals surface area contributed by atoms with Gasteiger partial charge in [-0.1, -0.05) is 18.2 Å². The molecule has 0 bridgehead atoms. The lowest BCUT2D eigenvalue weighted by atomic mass is 10.0. The lowest BCUT2D eigenvalue weighted by molar-refractivity contribution is -0.138. The van der Waals surface area contributed by atoms with Gasteiger partial charge in [0.25, 0.3) is 0 Å². The number of unbranched alkanes of at least 4 members (excludes halogenated alkanes) is 1. The largest absolute Gasteiger partial charge is 0.480 e. The maximum atomic E-state index is 13.2. The Labute approximate surface area is 196 Å². The number of aliphatic hydroxyl groups is 1. The monoisotopic (exact) mass is 476 g/mol. The molecular formula is C22H32N6O6. The summed E-state index contributed by atoms with van der Waals surface area (Å²) in [5, 5.41) is 26.3. The summed E-state index contributed by atoms with van der Waals surface area (Å²) >= 11 is 0. The minimum Gasteiger partial charge on any atom is -0.480 e. The van der Waals surface area contributed by atoms with Crippen LogP contribution in [0.2, 0.25) is 0 Å². The number of nitrogens with two attached hydrogens (primary N) is 2. The van der Waals surface area contributed by atoms with E-state index < -0.39 is 55.0 Å². The number of carboxylic acid groups (broad SMARTS) is 1. The standard InChI is InChI=1S/C22H32N6O6/c23-8-4-3-7-17(21(33)26-11-19(30)31)27-22(34)18(28-20(32)15(24)12-29)9-13-10-25-16-6-2-1-5-14(13)16/h1-2,5-6,10,15,17-18,25,29H,3-4,7-9,11-12,23-24H2,(H,26,33)(H,27,34)(H,28,32)(H,30,31). The predicted molar refractivity (Wildman–Crippen MR) is 124 cm³/mol. The fraction of sp³-hybridized carbons (Fsp3) is 0.455. The van der Waals surface area contributed by atoms with Crippen molar-refractivity contribution in [3.05, 3.63) is 36.0 Å². The first kappa shape index (κ1) is 26.8. The van der Waals surface area contributed by atoms with Gasteiger partial charge in [-0.3, -0.25) is 19.2 Å². The second-order valence-electron chi connectivity index (χ2n) is 7.87. The molecule has 1 aromatic heterocycles. The molecule has 3 unspecified atom stereocenters. The fourth-order valence-corrected chi connectivity index (χ4v) is 3.41. The van der Waals surface area contributed by atoms with E-state index in [2.05, 4.69) is 20.9 Å². The number of rotatable bonds is 14. The highest BCUT2D eigenvalue weighted by Crippen LogP contribution is 2.19. The third-order valence-electron chi connectivity index (χ3n) is 5.26. The van der Waals surface area contributed by atoms with Crippen molar-refractivity contribution in [2.24, 2.45) is 11.5 Å². The second-order valence-corrected chi connectivity index (χ2v) is 7.87. The SMILES string of the molecule is NCCCCC(NC(=O)C(Cc1c[nH]c2ccccc12)NC(=O)C(N)CO)C(=O)NCC(=O)O. The second kappa shape index (κ2) is 13.3. The Hall–Kier alpha value is -3.48. The van der Waals surface area contributed by atoms with Gasteiger partial charge in [-0.05, 0) is 37.4 Å². The van der Waals surface area contributed by atoms with E-state index in [-0.39, 0.29) is 12.8 Å². The first-order valence-corrected chi connectivity index (χ1v) is 11.0. The molecule has 1 heterocycles. The molecule has 12 nitrogen and oxygen atoms in total. The van der Waals surface area contributed by atoms with Crippen LogP contribution in [0.1, 0.15) is 24.8 Å². The smallest absolute Gasteiger partial charge is 0.322 e. The summed E-state index contributed by atoms with van der Waals surface area (Å²) < 4.78 is 0. The molecule has 0 saturated carbocycles. The Morgan fingerprint density at radius 3 is 2.38 bits per heavy atom. The summed E-state index contributed by atoms with van der Waals surface area (Å²) in [5.74, 6) is -3.25.